The summed E-state index contributed by atoms with van der Waals surface area (Å²) < 4.78 is 1.30. The van der Waals surface area contributed by atoms with Gasteiger partial charge in [-0.15, -0.1) is 11.3 Å². The first-order valence-corrected chi connectivity index (χ1v) is 9.31. The van der Waals surface area contributed by atoms with Crippen LogP contribution in [0.2, 0.25) is 0 Å². The Bertz CT molecular complexity index is 382. The molecule has 1 saturated carbocycles. The van der Waals surface area contributed by atoms with Crippen molar-refractivity contribution in [3.05, 3.63) is 20.3 Å². The predicted molar refractivity (Wildman–Crippen MR) is 89.0 cm³/mol. The lowest BCUT2D eigenvalue weighted by atomic mass is 9.85. The highest BCUT2D eigenvalue weighted by Gasteiger charge is 2.19. The van der Waals surface area contributed by atoms with Gasteiger partial charge in [0.25, 0.3) is 0 Å². The summed E-state index contributed by atoms with van der Waals surface area (Å²) in [5, 5.41) is 3.67. The summed E-state index contributed by atoms with van der Waals surface area (Å²) in [6.45, 7) is 5.46. The molecule has 1 atom stereocenters. The molecule has 1 fully saturated rings. The fraction of sp³-hybridized carbons (Fsp3) is 0.750. The summed E-state index contributed by atoms with van der Waals surface area (Å²) in [6.07, 6.45) is 9.98. The number of halogens is 1. The number of thiophene rings is 1. The summed E-state index contributed by atoms with van der Waals surface area (Å²) in [4.78, 5) is 2.90. The molecule has 1 unspecified atom stereocenters. The second-order valence-corrected chi connectivity index (χ2v) is 7.90. The van der Waals surface area contributed by atoms with Crippen LogP contribution in [0.25, 0.3) is 0 Å². The minimum absolute atomic E-state index is 0.542. The summed E-state index contributed by atoms with van der Waals surface area (Å²) >= 11 is 5.66. The van der Waals surface area contributed by atoms with Gasteiger partial charge in [0.1, 0.15) is 0 Å². The molecule has 0 saturated heterocycles. The lowest BCUT2D eigenvalue weighted by molar-refractivity contribution is 0.316. The van der Waals surface area contributed by atoms with E-state index in [-0.39, 0.29) is 0 Å². The lowest BCUT2D eigenvalue weighted by Crippen LogP contribution is -2.21. The van der Waals surface area contributed by atoms with Gasteiger partial charge < -0.3 is 5.32 Å². The van der Waals surface area contributed by atoms with Crippen molar-refractivity contribution in [3.8, 4) is 0 Å². The number of hydrogen-bond donors (Lipinski definition) is 1. The molecule has 0 spiro atoms. The van der Waals surface area contributed by atoms with E-state index in [4.69, 9.17) is 0 Å². The fourth-order valence-electron chi connectivity index (χ4n) is 3.19. The van der Waals surface area contributed by atoms with Crippen LogP contribution in [-0.4, -0.2) is 6.54 Å². The molecular weight excluding hydrogens is 318 g/mol. The monoisotopic (exact) mass is 343 g/mol. The molecule has 1 nitrogen and oxygen atoms in total. The highest BCUT2D eigenvalue weighted by molar-refractivity contribution is 9.10. The molecule has 108 valence electrons. The first-order valence-electron chi connectivity index (χ1n) is 7.70. The van der Waals surface area contributed by atoms with Gasteiger partial charge in [0, 0.05) is 20.3 Å². The minimum Gasteiger partial charge on any atom is -0.309 e. The van der Waals surface area contributed by atoms with E-state index >= 15 is 0 Å². The Morgan fingerprint density at radius 2 is 2.11 bits per heavy atom. The number of rotatable bonds is 6. The van der Waals surface area contributed by atoms with Gasteiger partial charge in [-0.1, -0.05) is 39.0 Å². The van der Waals surface area contributed by atoms with Gasteiger partial charge in [-0.2, -0.15) is 0 Å². The van der Waals surface area contributed by atoms with Gasteiger partial charge in [-0.05, 0) is 54.2 Å². The van der Waals surface area contributed by atoms with Crippen LogP contribution in [0, 0.1) is 12.8 Å². The fourth-order valence-corrected chi connectivity index (χ4v) is 5.23. The second kappa shape index (κ2) is 7.80. The quantitative estimate of drug-likeness (QED) is 0.684. The zero-order chi connectivity index (χ0) is 13.7. The SMILES string of the molecule is CCNC(CCC1CCCCC1)c1sc(C)cc1Br. The van der Waals surface area contributed by atoms with Crippen molar-refractivity contribution >= 4 is 27.3 Å². The third-order valence-electron chi connectivity index (χ3n) is 4.19. The molecule has 1 heterocycles. The summed E-state index contributed by atoms with van der Waals surface area (Å²) in [5.74, 6) is 0.981. The van der Waals surface area contributed by atoms with Gasteiger partial charge >= 0.3 is 0 Å². The van der Waals surface area contributed by atoms with Gasteiger partial charge in [0.15, 0.2) is 0 Å². The Hall–Kier alpha value is 0.140. The van der Waals surface area contributed by atoms with Crippen molar-refractivity contribution < 1.29 is 0 Å². The van der Waals surface area contributed by atoms with E-state index < -0.39 is 0 Å². The van der Waals surface area contributed by atoms with Crippen LogP contribution in [0.1, 0.15) is 67.7 Å². The Labute approximate surface area is 130 Å². The molecule has 0 bridgehead atoms. The van der Waals surface area contributed by atoms with Crippen LogP contribution in [0.5, 0.6) is 0 Å². The van der Waals surface area contributed by atoms with E-state index in [0.29, 0.717) is 6.04 Å². The largest absolute Gasteiger partial charge is 0.309 e. The van der Waals surface area contributed by atoms with E-state index in [0.717, 1.165) is 12.5 Å². The average Bonchev–Trinajstić information content (AvgIpc) is 2.75. The third kappa shape index (κ3) is 4.57. The van der Waals surface area contributed by atoms with Crippen molar-refractivity contribution in [2.45, 2.75) is 64.8 Å². The molecule has 0 amide bonds. The van der Waals surface area contributed by atoms with Gasteiger partial charge in [-0.25, -0.2) is 0 Å². The predicted octanol–water partition coefficient (Wildman–Crippen LogP) is 5.83. The average molecular weight is 344 g/mol. The molecule has 2 rings (SSSR count). The van der Waals surface area contributed by atoms with Gasteiger partial charge in [-0.3, -0.25) is 0 Å². The number of aryl methyl sites for hydroxylation is 1. The minimum atomic E-state index is 0.542. The van der Waals surface area contributed by atoms with E-state index in [1.807, 2.05) is 11.3 Å². The molecule has 1 aliphatic carbocycles. The van der Waals surface area contributed by atoms with Crippen molar-refractivity contribution in [3.63, 3.8) is 0 Å². The maximum absolute atomic E-state index is 3.72. The summed E-state index contributed by atoms with van der Waals surface area (Å²) in [7, 11) is 0. The highest BCUT2D eigenvalue weighted by atomic mass is 79.9. The molecule has 1 N–H and O–H groups in total. The van der Waals surface area contributed by atoms with Crippen molar-refractivity contribution in [1.82, 2.24) is 5.32 Å². The molecule has 19 heavy (non-hydrogen) atoms. The van der Waals surface area contributed by atoms with Crippen LogP contribution in [0.15, 0.2) is 10.5 Å². The Balaban J connectivity index is 1.93. The van der Waals surface area contributed by atoms with Gasteiger partial charge in [0.05, 0.1) is 0 Å². The first-order chi connectivity index (χ1) is 9.20. The summed E-state index contributed by atoms with van der Waals surface area (Å²) in [6, 6.07) is 2.80. The molecule has 1 aromatic rings. The van der Waals surface area contributed by atoms with Crippen LogP contribution in [0.3, 0.4) is 0 Å². The Morgan fingerprint density at radius 1 is 1.37 bits per heavy atom. The maximum Gasteiger partial charge on any atom is 0.0426 e. The standard InChI is InChI=1S/C16H26BrNS/c1-3-18-15(16-14(17)11-12(2)19-16)10-9-13-7-5-4-6-8-13/h11,13,15,18H,3-10H2,1-2H3. The van der Waals surface area contributed by atoms with Crippen LogP contribution < -0.4 is 5.32 Å². The van der Waals surface area contributed by atoms with Crippen LogP contribution in [0.4, 0.5) is 0 Å². The van der Waals surface area contributed by atoms with E-state index in [9.17, 15) is 0 Å². The molecule has 0 radical (unpaired) electrons. The van der Waals surface area contributed by atoms with Crippen molar-refractivity contribution in [2.24, 2.45) is 5.92 Å². The van der Waals surface area contributed by atoms with E-state index in [2.05, 4.69) is 41.2 Å². The third-order valence-corrected chi connectivity index (χ3v) is 6.27. The summed E-state index contributed by atoms with van der Waals surface area (Å²) in [5.41, 5.74) is 0. The Kier molecular flexibility index (Phi) is 6.37. The second-order valence-electron chi connectivity index (χ2n) is 5.76. The molecule has 0 aliphatic heterocycles. The molecule has 3 heteroatoms. The van der Waals surface area contributed by atoms with Crippen LogP contribution in [-0.2, 0) is 0 Å². The van der Waals surface area contributed by atoms with Crippen LogP contribution >= 0.6 is 27.3 Å². The number of nitrogens with one attached hydrogen (secondary N) is 1. The normalized spacial score (nSPS) is 18.7. The van der Waals surface area contributed by atoms with Crippen molar-refractivity contribution in [1.29, 1.82) is 0 Å². The lowest BCUT2D eigenvalue weighted by Gasteiger charge is -2.24. The first kappa shape index (κ1) is 15.5. The Morgan fingerprint density at radius 3 is 2.68 bits per heavy atom. The van der Waals surface area contributed by atoms with Gasteiger partial charge in [0.2, 0.25) is 0 Å². The maximum atomic E-state index is 3.72. The van der Waals surface area contributed by atoms with E-state index in [1.54, 1.807) is 0 Å². The zero-order valence-electron chi connectivity index (χ0n) is 12.2. The number of hydrogen-bond acceptors (Lipinski definition) is 2. The zero-order valence-corrected chi connectivity index (χ0v) is 14.6. The van der Waals surface area contributed by atoms with E-state index in [1.165, 1.54) is 59.2 Å². The molecule has 1 aliphatic rings. The molecular formula is C16H26BrNS. The van der Waals surface area contributed by atoms with Crippen molar-refractivity contribution in [2.75, 3.05) is 6.54 Å². The highest BCUT2D eigenvalue weighted by Crippen LogP contribution is 2.36. The smallest absolute Gasteiger partial charge is 0.0426 e. The topological polar surface area (TPSA) is 12.0 Å². The molecule has 1 aromatic heterocycles. The molecule has 0 aromatic carbocycles.